The van der Waals surface area contributed by atoms with Gasteiger partial charge in [0, 0.05) is 38.1 Å². The Morgan fingerprint density at radius 3 is 2.95 bits per heavy atom. The number of nitrogens with two attached hydrogens (primary N) is 1. The number of likely N-dealkylation sites (tertiary alicyclic amines) is 1. The van der Waals surface area contributed by atoms with Gasteiger partial charge >= 0.3 is 0 Å². The van der Waals surface area contributed by atoms with Crippen molar-refractivity contribution in [2.45, 2.75) is 19.4 Å². The molecule has 2 unspecified atom stereocenters. The van der Waals surface area contributed by atoms with Gasteiger partial charge < -0.3 is 10.6 Å². The van der Waals surface area contributed by atoms with E-state index in [1.165, 1.54) is 30.6 Å². The van der Waals surface area contributed by atoms with Crippen LogP contribution in [-0.2, 0) is 0 Å². The highest BCUT2D eigenvalue weighted by Gasteiger charge is 2.24. The third-order valence-electron chi connectivity index (χ3n) is 4.23. The highest BCUT2D eigenvalue weighted by Crippen LogP contribution is 2.24. The minimum Gasteiger partial charge on any atom is -0.329 e. The van der Waals surface area contributed by atoms with Gasteiger partial charge in [-0.2, -0.15) is 0 Å². The molecule has 4 heteroatoms. The first-order valence-electron chi connectivity index (χ1n) is 7.11. The first kappa shape index (κ1) is 14.4. The van der Waals surface area contributed by atoms with Gasteiger partial charge in [-0.25, -0.2) is 0 Å². The van der Waals surface area contributed by atoms with Crippen LogP contribution >= 0.6 is 0 Å². The van der Waals surface area contributed by atoms with Crippen LogP contribution < -0.4 is 5.73 Å². The minimum absolute atomic E-state index is 0.277. The Morgan fingerprint density at radius 1 is 1.58 bits per heavy atom. The summed E-state index contributed by atoms with van der Waals surface area (Å²) in [5.41, 5.74) is 8.54. The summed E-state index contributed by atoms with van der Waals surface area (Å²) in [6, 6.07) is 2.34. The molecule has 1 aromatic rings. The summed E-state index contributed by atoms with van der Waals surface area (Å²) in [5, 5.41) is 0. The maximum atomic E-state index is 6.00. The molecular formula is C15H26N4. The molecule has 0 spiro atoms. The Balaban J connectivity index is 2.03. The van der Waals surface area contributed by atoms with E-state index in [9.17, 15) is 0 Å². The lowest BCUT2D eigenvalue weighted by Crippen LogP contribution is -2.35. The van der Waals surface area contributed by atoms with E-state index in [1.807, 2.05) is 12.4 Å². The number of aromatic nitrogens is 1. The Hall–Kier alpha value is -0.970. The zero-order valence-corrected chi connectivity index (χ0v) is 12.3. The molecule has 0 radical (unpaired) electrons. The zero-order chi connectivity index (χ0) is 13.8. The van der Waals surface area contributed by atoms with Gasteiger partial charge in [-0.15, -0.1) is 0 Å². The molecule has 0 aliphatic carbocycles. The van der Waals surface area contributed by atoms with Crippen molar-refractivity contribution in [3.8, 4) is 0 Å². The van der Waals surface area contributed by atoms with Crippen molar-refractivity contribution in [1.29, 1.82) is 0 Å². The fraction of sp³-hybridized carbons (Fsp3) is 0.667. The lowest BCUT2D eigenvalue weighted by atomic mass is 10.0. The average Bonchev–Trinajstić information content (AvgIpc) is 2.78. The van der Waals surface area contributed by atoms with Crippen LogP contribution in [0.5, 0.6) is 0 Å². The summed E-state index contributed by atoms with van der Waals surface area (Å²) in [6.45, 7) is 6.31. The van der Waals surface area contributed by atoms with Gasteiger partial charge in [-0.05, 0) is 57.1 Å². The second-order valence-corrected chi connectivity index (χ2v) is 5.84. The molecule has 0 saturated carbocycles. The molecular weight excluding hydrogens is 236 g/mol. The van der Waals surface area contributed by atoms with Crippen LogP contribution in [0.1, 0.15) is 23.6 Å². The molecule has 2 heterocycles. The predicted octanol–water partition coefficient (Wildman–Crippen LogP) is 1.27. The van der Waals surface area contributed by atoms with Gasteiger partial charge in [0.1, 0.15) is 0 Å². The molecule has 19 heavy (non-hydrogen) atoms. The van der Waals surface area contributed by atoms with Crippen molar-refractivity contribution >= 4 is 0 Å². The smallest absolute Gasteiger partial charge is 0.0485 e. The van der Waals surface area contributed by atoms with E-state index >= 15 is 0 Å². The molecule has 1 aliphatic rings. The molecule has 2 atom stereocenters. The van der Waals surface area contributed by atoms with Crippen molar-refractivity contribution < 1.29 is 0 Å². The molecule has 4 nitrogen and oxygen atoms in total. The summed E-state index contributed by atoms with van der Waals surface area (Å²) < 4.78 is 0. The maximum Gasteiger partial charge on any atom is 0.0485 e. The number of pyridine rings is 1. The number of hydrogen-bond acceptors (Lipinski definition) is 4. The first-order chi connectivity index (χ1) is 9.11. The van der Waals surface area contributed by atoms with Crippen molar-refractivity contribution in [1.82, 2.24) is 14.8 Å². The van der Waals surface area contributed by atoms with Crippen LogP contribution in [0.15, 0.2) is 18.5 Å². The van der Waals surface area contributed by atoms with Crippen LogP contribution in [0, 0.1) is 12.8 Å². The van der Waals surface area contributed by atoms with Gasteiger partial charge in [0.05, 0.1) is 0 Å². The quantitative estimate of drug-likeness (QED) is 0.868. The Labute approximate surface area is 116 Å². The number of hydrogen-bond donors (Lipinski definition) is 1. The largest absolute Gasteiger partial charge is 0.329 e. The van der Waals surface area contributed by atoms with Crippen LogP contribution in [0.2, 0.25) is 0 Å². The first-order valence-corrected chi connectivity index (χ1v) is 7.11. The lowest BCUT2D eigenvalue weighted by molar-refractivity contribution is 0.211. The van der Waals surface area contributed by atoms with E-state index in [1.54, 1.807) is 0 Å². The van der Waals surface area contributed by atoms with Crippen LogP contribution in [0.3, 0.4) is 0 Å². The molecule has 2 N–H and O–H groups in total. The Morgan fingerprint density at radius 2 is 2.37 bits per heavy atom. The average molecular weight is 262 g/mol. The third-order valence-corrected chi connectivity index (χ3v) is 4.23. The topological polar surface area (TPSA) is 45.4 Å². The third kappa shape index (κ3) is 3.53. The molecule has 1 fully saturated rings. The molecule has 106 valence electrons. The molecule has 1 aliphatic heterocycles. The molecule has 0 aromatic carbocycles. The van der Waals surface area contributed by atoms with Gasteiger partial charge in [0.2, 0.25) is 0 Å². The van der Waals surface area contributed by atoms with Crippen molar-refractivity contribution in [3.63, 3.8) is 0 Å². The second-order valence-electron chi connectivity index (χ2n) is 5.84. The van der Waals surface area contributed by atoms with E-state index < -0.39 is 0 Å². The predicted molar refractivity (Wildman–Crippen MR) is 79.0 cm³/mol. The number of aryl methyl sites for hydroxylation is 1. The van der Waals surface area contributed by atoms with Crippen LogP contribution in [0.4, 0.5) is 0 Å². The summed E-state index contributed by atoms with van der Waals surface area (Å²) in [7, 11) is 4.38. The highest BCUT2D eigenvalue weighted by atomic mass is 15.2. The minimum atomic E-state index is 0.277. The van der Waals surface area contributed by atoms with Crippen molar-refractivity contribution in [2.24, 2.45) is 11.7 Å². The highest BCUT2D eigenvalue weighted by molar-refractivity contribution is 5.25. The molecule has 0 amide bonds. The number of rotatable bonds is 5. The number of likely N-dealkylation sites (N-methyl/N-ethyl adjacent to an activating group) is 1. The number of nitrogens with zero attached hydrogens (tertiary/aromatic N) is 3. The van der Waals surface area contributed by atoms with Gasteiger partial charge in [0.15, 0.2) is 0 Å². The van der Waals surface area contributed by atoms with Crippen LogP contribution in [-0.4, -0.2) is 55.1 Å². The SMILES string of the molecule is Cc1ccncc1C(CN)N(C)CC1CCN(C)C1. The van der Waals surface area contributed by atoms with E-state index in [0.717, 1.165) is 12.5 Å². The Kier molecular flexibility index (Phi) is 4.91. The fourth-order valence-corrected chi connectivity index (χ4v) is 3.08. The molecule has 0 bridgehead atoms. The molecule has 1 saturated heterocycles. The van der Waals surface area contributed by atoms with E-state index in [-0.39, 0.29) is 6.04 Å². The normalized spacial score (nSPS) is 22.1. The summed E-state index contributed by atoms with van der Waals surface area (Å²) in [4.78, 5) is 9.05. The maximum absolute atomic E-state index is 6.00. The van der Waals surface area contributed by atoms with Gasteiger partial charge in [-0.3, -0.25) is 9.88 Å². The van der Waals surface area contributed by atoms with E-state index in [2.05, 4.69) is 41.9 Å². The fourth-order valence-electron chi connectivity index (χ4n) is 3.08. The van der Waals surface area contributed by atoms with Crippen molar-refractivity contribution in [3.05, 3.63) is 29.6 Å². The molecule has 1 aromatic heterocycles. The Bertz CT molecular complexity index is 407. The zero-order valence-electron chi connectivity index (χ0n) is 12.3. The molecule has 2 rings (SSSR count). The monoisotopic (exact) mass is 262 g/mol. The van der Waals surface area contributed by atoms with Crippen LogP contribution in [0.25, 0.3) is 0 Å². The van der Waals surface area contributed by atoms with E-state index in [4.69, 9.17) is 5.73 Å². The standard InChI is InChI=1S/C15H26N4/c1-12-4-6-17-9-14(12)15(8-16)19(3)11-13-5-7-18(2)10-13/h4,6,9,13,15H,5,7-8,10-11,16H2,1-3H3. The summed E-state index contributed by atoms with van der Waals surface area (Å²) in [5.74, 6) is 0.765. The van der Waals surface area contributed by atoms with Gasteiger partial charge in [0.25, 0.3) is 0 Å². The lowest BCUT2D eigenvalue weighted by Gasteiger charge is -2.30. The van der Waals surface area contributed by atoms with Crippen molar-refractivity contribution in [2.75, 3.05) is 40.3 Å². The summed E-state index contributed by atoms with van der Waals surface area (Å²) >= 11 is 0. The van der Waals surface area contributed by atoms with E-state index in [0.29, 0.717) is 6.54 Å². The summed E-state index contributed by atoms with van der Waals surface area (Å²) in [6.07, 6.45) is 5.10. The second kappa shape index (κ2) is 6.46. The van der Waals surface area contributed by atoms with Gasteiger partial charge in [-0.1, -0.05) is 0 Å².